The van der Waals surface area contributed by atoms with Gasteiger partial charge >= 0.3 is 0 Å². The zero-order valence-electron chi connectivity index (χ0n) is 13.7. The summed E-state index contributed by atoms with van der Waals surface area (Å²) in [6.07, 6.45) is 1.78. The monoisotopic (exact) mass is 316 g/mol. The lowest BCUT2D eigenvalue weighted by Crippen LogP contribution is -2.24. The van der Waals surface area contributed by atoms with E-state index in [0.29, 0.717) is 25.3 Å². The first-order valence-corrected chi connectivity index (χ1v) is 7.97. The summed E-state index contributed by atoms with van der Waals surface area (Å²) in [5.74, 6) is 1.30. The minimum Gasteiger partial charge on any atom is -0.391 e. The highest BCUT2D eigenvalue weighted by Crippen LogP contribution is 2.07. The number of hydrogen-bond donors (Lipinski definition) is 2. The summed E-state index contributed by atoms with van der Waals surface area (Å²) in [6.45, 7) is 4.11. The lowest BCUT2D eigenvalue weighted by atomic mass is 10.1. The van der Waals surface area contributed by atoms with Crippen LogP contribution in [0.1, 0.15) is 37.5 Å². The van der Waals surface area contributed by atoms with Crippen molar-refractivity contribution in [3.8, 4) is 0 Å². The number of aliphatic hydroxyl groups excluding tert-OH is 1. The molecule has 0 fully saturated rings. The number of rotatable bonds is 8. The maximum absolute atomic E-state index is 11.1. The molecule has 0 saturated carbocycles. The van der Waals surface area contributed by atoms with Gasteiger partial charge in [0.05, 0.1) is 19.2 Å². The average molecular weight is 316 g/mol. The molecule has 0 aliphatic heterocycles. The molecule has 6 nitrogen and oxygen atoms in total. The van der Waals surface area contributed by atoms with Gasteiger partial charge in [-0.15, -0.1) is 0 Å². The number of hydrogen-bond acceptors (Lipinski definition) is 4. The quantitative estimate of drug-likeness (QED) is 0.773. The number of benzene rings is 1. The molecule has 0 radical (unpaired) electrons. The number of nitrogens with zero attached hydrogens (tertiary/aromatic N) is 3. The van der Waals surface area contributed by atoms with Crippen LogP contribution in [0.2, 0.25) is 0 Å². The van der Waals surface area contributed by atoms with Gasteiger partial charge in [0.1, 0.15) is 5.82 Å². The Morgan fingerprint density at radius 1 is 1.30 bits per heavy atom. The van der Waals surface area contributed by atoms with Gasteiger partial charge in [0.25, 0.3) is 0 Å². The number of carbonyl (C=O) groups is 1. The van der Waals surface area contributed by atoms with E-state index in [0.717, 1.165) is 18.7 Å². The second-order valence-electron chi connectivity index (χ2n) is 5.58. The number of nitrogens with one attached hydrogen (secondary N) is 1. The summed E-state index contributed by atoms with van der Waals surface area (Å²) in [7, 11) is 0. The fraction of sp³-hybridized carbons (Fsp3) is 0.471. The average Bonchev–Trinajstić information content (AvgIpc) is 2.93. The van der Waals surface area contributed by atoms with Gasteiger partial charge in [0.2, 0.25) is 5.91 Å². The number of aryl methyl sites for hydroxylation is 2. The molecule has 0 unspecified atom stereocenters. The molecule has 2 rings (SSSR count). The largest absolute Gasteiger partial charge is 0.391 e. The Kier molecular flexibility index (Phi) is 6.29. The third kappa shape index (κ3) is 5.49. The minimum atomic E-state index is -0.463. The molecule has 23 heavy (non-hydrogen) atoms. The van der Waals surface area contributed by atoms with Crippen molar-refractivity contribution in [3.63, 3.8) is 0 Å². The minimum absolute atomic E-state index is 0.110. The van der Waals surface area contributed by atoms with Gasteiger partial charge in [-0.1, -0.05) is 37.3 Å². The SMILES string of the molecule is CC[C@H](O)Cn1nc(CCc2ccccc2)nc1CNC(C)=O. The van der Waals surface area contributed by atoms with Crippen LogP contribution in [-0.4, -0.2) is 31.9 Å². The summed E-state index contributed by atoms with van der Waals surface area (Å²) in [4.78, 5) is 15.6. The predicted molar refractivity (Wildman–Crippen MR) is 87.7 cm³/mol. The Morgan fingerprint density at radius 3 is 2.70 bits per heavy atom. The van der Waals surface area contributed by atoms with Crippen LogP contribution in [0.5, 0.6) is 0 Å². The van der Waals surface area contributed by atoms with Crippen LogP contribution >= 0.6 is 0 Å². The molecule has 0 bridgehead atoms. The van der Waals surface area contributed by atoms with E-state index in [1.807, 2.05) is 25.1 Å². The highest BCUT2D eigenvalue weighted by molar-refractivity contribution is 5.72. The maximum Gasteiger partial charge on any atom is 0.217 e. The van der Waals surface area contributed by atoms with Crippen molar-refractivity contribution < 1.29 is 9.90 Å². The van der Waals surface area contributed by atoms with E-state index in [9.17, 15) is 9.90 Å². The molecule has 0 aliphatic carbocycles. The summed E-state index contributed by atoms with van der Waals surface area (Å²) in [5, 5.41) is 17.1. The van der Waals surface area contributed by atoms with Crippen molar-refractivity contribution in [2.75, 3.05) is 0 Å². The summed E-state index contributed by atoms with van der Waals surface area (Å²) < 4.78 is 1.70. The summed E-state index contributed by atoms with van der Waals surface area (Å²) >= 11 is 0. The highest BCUT2D eigenvalue weighted by Gasteiger charge is 2.13. The molecule has 1 atom stereocenters. The van der Waals surface area contributed by atoms with E-state index >= 15 is 0 Å². The van der Waals surface area contributed by atoms with Crippen LogP contribution < -0.4 is 5.32 Å². The Hall–Kier alpha value is -2.21. The molecule has 2 aromatic rings. The Morgan fingerprint density at radius 2 is 2.04 bits per heavy atom. The molecule has 0 aliphatic rings. The van der Waals surface area contributed by atoms with Gasteiger partial charge in [-0.2, -0.15) is 5.10 Å². The van der Waals surface area contributed by atoms with E-state index in [1.54, 1.807) is 4.68 Å². The van der Waals surface area contributed by atoms with Gasteiger partial charge in [-0.05, 0) is 18.4 Å². The molecular formula is C17H24N4O2. The van der Waals surface area contributed by atoms with Crippen LogP contribution in [0, 0.1) is 0 Å². The van der Waals surface area contributed by atoms with Gasteiger partial charge in [-0.3, -0.25) is 4.79 Å². The summed E-state index contributed by atoms with van der Waals surface area (Å²) in [6, 6.07) is 10.2. The zero-order chi connectivity index (χ0) is 16.7. The number of aliphatic hydroxyl groups is 1. The van der Waals surface area contributed by atoms with Crippen LogP contribution in [0.25, 0.3) is 0 Å². The smallest absolute Gasteiger partial charge is 0.217 e. The van der Waals surface area contributed by atoms with Crippen LogP contribution in [0.3, 0.4) is 0 Å². The molecule has 1 amide bonds. The number of carbonyl (C=O) groups excluding carboxylic acids is 1. The molecule has 6 heteroatoms. The topological polar surface area (TPSA) is 80.0 Å². The normalized spacial score (nSPS) is 12.1. The Labute approximate surface area is 136 Å². The van der Waals surface area contributed by atoms with E-state index < -0.39 is 6.10 Å². The van der Waals surface area contributed by atoms with Gasteiger partial charge in [-0.25, -0.2) is 9.67 Å². The van der Waals surface area contributed by atoms with Crippen LogP contribution in [-0.2, 0) is 30.7 Å². The lowest BCUT2D eigenvalue weighted by molar-refractivity contribution is -0.119. The van der Waals surface area contributed by atoms with Gasteiger partial charge < -0.3 is 10.4 Å². The molecule has 124 valence electrons. The van der Waals surface area contributed by atoms with E-state index in [-0.39, 0.29) is 5.91 Å². The van der Waals surface area contributed by atoms with Crippen molar-refractivity contribution in [2.45, 2.75) is 52.3 Å². The van der Waals surface area contributed by atoms with Crippen molar-refractivity contribution in [1.29, 1.82) is 0 Å². The number of amides is 1. The van der Waals surface area contributed by atoms with Gasteiger partial charge in [0.15, 0.2) is 5.82 Å². The Balaban J connectivity index is 2.06. The third-order valence-electron chi connectivity index (χ3n) is 3.62. The third-order valence-corrected chi connectivity index (χ3v) is 3.62. The molecule has 2 N–H and O–H groups in total. The molecule has 0 saturated heterocycles. The summed E-state index contributed by atoms with van der Waals surface area (Å²) in [5.41, 5.74) is 1.24. The van der Waals surface area contributed by atoms with E-state index in [2.05, 4.69) is 27.5 Å². The van der Waals surface area contributed by atoms with Crippen molar-refractivity contribution in [2.24, 2.45) is 0 Å². The van der Waals surface area contributed by atoms with Crippen LogP contribution in [0.4, 0.5) is 0 Å². The lowest BCUT2D eigenvalue weighted by Gasteiger charge is -2.10. The fourth-order valence-corrected chi connectivity index (χ4v) is 2.24. The molecule has 0 spiro atoms. The maximum atomic E-state index is 11.1. The molecular weight excluding hydrogens is 292 g/mol. The second kappa shape index (κ2) is 8.43. The van der Waals surface area contributed by atoms with E-state index in [4.69, 9.17) is 0 Å². The molecule has 1 heterocycles. The van der Waals surface area contributed by atoms with Crippen molar-refractivity contribution >= 4 is 5.91 Å². The Bertz CT molecular complexity index is 625. The first kappa shape index (κ1) is 17.1. The fourth-order valence-electron chi connectivity index (χ4n) is 2.24. The first-order chi connectivity index (χ1) is 11.1. The molecule has 1 aromatic carbocycles. The highest BCUT2D eigenvalue weighted by atomic mass is 16.3. The van der Waals surface area contributed by atoms with Crippen molar-refractivity contribution in [3.05, 3.63) is 47.5 Å². The molecule has 1 aromatic heterocycles. The van der Waals surface area contributed by atoms with Crippen LogP contribution in [0.15, 0.2) is 30.3 Å². The zero-order valence-corrected chi connectivity index (χ0v) is 13.7. The van der Waals surface area contributed by atoms with Gasteiger partial charge in [0, 0.05) is 13.3 Å². The van der Waals surface area contributed by atoms with E-state index in [1.165, 1.54) is 12.5 Å². The predicted octanol–water partition coefficient (Wildman–Crippen LogP) is 1.47. The number of aromatic nitrogens is 3. The second-order valence-corrected chi connectivity index (χ2v) is 5.58. The first-order valence-electron chi connectivity index (χ1n) is 7.97. The standard InChI is InChI=1S/C17H24N4O2/c1-3-15(23)12-21-17(11-18-13(2)22)19-16(20-21)10-9-14-7-5-4-6-8-14/h4-8,15,23H,3,9-12H2,1-2H3,(H,18,22)/t15-/m0/s1. The van der Waals surface area contributed by atoms with Crippen molar-refractivity contribution in [1.82, 2.24) is 20.1 Å².